The molecular weight excluding hydrogens is 438 g/mol. The Hall–Kier alpha value is -3.83. The number of fused-ring (bicyclic) bond motifs is 2. The Labute approximate surface area is 205 Å². The minimum atomic E-state index is -0.377. The van der Waals surface area contributed by atoms with Crippen LogP contribution in [-0.4, -0.2) is 32.8 Å². The summed E-state index contributed by atoms with van der Waals surface area (Å²) in [5, 5.41) is 6.13. The van der Waals surface area contributed by atoms with Crippen molar-refractivity contribution in [3.63, 3.8) is 0 Å². The fraction of sp³-hybridized carbons (Fsp3) is 0.233. The topological polar surface area (TPSA) is 56.8 Å². The number of benzene rings is 4. The highest BCUT2D eigenvalue weighted by molar-refractivity contribution is 5.90. The van der Waals surface area contributed by atoms with Gasteiger partial charge in [-0.25, -0.2) is 4.79 Å². The van der Waals surface area contributed by atoms with Gasteiger partial charge in [-0.2, -0.15) is 0 Å². The summed E-state index contributed by atoms with van der Waals surface area (Å²) in [5.74, 6) is 1.28. The number of ether oxygens (including phenoxy) is 3. The van der Waals surface area contributed by atoms with Crippen LogP contribution in [0.3, 0.4) is 0 Å². The molecule has 1 heterocycles. The predicted molar refractivity (Wildman–Crippen MR) is 137 cm³/mol. The number of hydrogen-bond donors (Lipinski definition) is 1. The van der Waals surface area contributed by atoms with Gasteiger partial charge in [0.25, 0.3) is 0 Å². The third kappa shape index (κ3) is 4.73. The molecule has 0 amide bonds. The van der Waals surface area contributed by atoms with Crippen molar-refractivity contribution in [2.24, 2.45) is 0 Å². The van der Waals surface area contributed by atoms with Crippen LogP contribution in [0.1, 0.15) is 39.4 Å². The first kappa shape index (κ1) is 22.9. The van der Waals surface area contributed by atoms with Gasteiger partial charge in [0.05, 0.1) is 19.8 Å². The molecule has 1 N–H and O–H groups in total. The molecule has 178 valence electrons. The van der Waals surface area contributed by atoms with Gasteiger partial charge in [0.15, 0.2) is 0 Å². The number of esters is 1. The number of methoxy groups -OCH3 is 2. The smallest absolute Gasteiger partial charge is 0.337 e. The lowest BCUT2D eigenvalue weighted by atomic mass is 9.83. The van der Waals surface area contributed by atoms with E-state index < -0.39 is 0 Å². The molecule has 35 heavy (non-hydrogen) atoms. The third-order valence-electron chi connectivity index (χ3n) is 6.68. The Kier molecular flexibility index (Phi) is 6.68. The van der Waals surface area contributed by atoms with Crippen molar-refractivity contribution in [1.29, 1.82) is 0 Å². The van der Waals surface area contributed by atoms with Crippen LogP contribution in [0.2, 0.25) is 0 Å². The average molecular weight is 468 g/mol. The number of rotatable bonds is 7. The van der Waals surface area contributed by atoms with Gasteiger partial charge in [0, 0.05) is 30.1 Å². The molecular formula is C30H29NO4. The van der Waals surface area contributed by atoms with Crippen LogP contribution in [0, 0.1) is 0 Å². The lowest BCUT2D eigenvalue weighted by molar-refractivity contribution is 0.0600. The maximum atomic E-state index is 12.0. The highest BCUT2D eigenvalue weighted by atomic mass is 16.5. The first-order valence-corrected chi connectivity index (χ1v) is 11.9. The van der Waals surface area contributed by atoms with Crippen LogP contribution in [-0.2, 0) is 11.3 Å². The standard InChI is InChI=1S/C30H29NO4/c1-33-29-16-21(30(32)34-2)14-15-26(29)27-17-23(35-28-13-6-5-12-25(27)28)19-31-18-22-10-7-9-20-8-3-4-11-24(20)22/h3-16,23,27,31H,17-19H2,1-2H3. The highest BCUT2D eigenvalue weighted by Crippen LogP contribution is 2.43. The summed E-state index contributed by atoms with van der Waals surface area (Å²) in [6.45, 7) is 1.49. The second-order valence-corrected chi connectivity index (χ2v) is 8.78. The van der Waals surface area contributed by atoms with Gasteiger partial charge in [-0.05, 0) is 41.0 Å². The lowest BCUT2D eigenvalue weighted by Gasteiger charge is -2.33. The van der Waals surface area contributed by atoms with Crippen molar-refractivity contribution in [3.05, 3.63) is 107 Å². The van der Waals surface area contributed by atoms with Gasteiger partial charge >= 0.3 is 5.97 Å². The van der Waals surface area contributed by atoms with Crippen LogP contribution < -0.4 is 14.8 Å². The van der Waals surface area contributed by atoms with Gasteiger partial charge in [-0.3, -0.25) is 0 Å². The summed E-state index contributed by atoms with van der Waals surface area (Å²) in [4.78, 5) is 12.0. The summed E-state index contributed by atoms with van der Waals surface area (Å²) >= 11 is 0. The quantitative estimate of drug-likeness (QED) is 0.353. The largest absolute Gasteiger partial charge is 0.496 e. The molecule has 2 atom stereocenters. The normalized spacial score (nSPS) is 16.9. The van der Waals surface area contributed by atoms with E-state index in [0.717, 1.165) is 36.4 Å². The van der Waals surface area contributed by atoms with Crippen molar-refractivity contribution >= 4 is 16.7 Å². The van der Waals surface area contributed by atoms with Crippen LogP contribution >= 0.6 is 0 Å². The lowest BCUT2D eigenvalue weighted by Crippen LogP contribution is -2.35. The first-order chi connectivity index (χ1) is 17.2. The molecule has 4 aromatic carbocycles. The zero-order valence-electron chi connectivity index (χ0n) is 20.0. The molecule has 1 aliphatic rings. The second kappa shape index (κ2) is 10.2. The Morgan fingerprint density at radius 3 is 2.60 bits per heavy atom. The van der Waals surface area contributed by atoms with E-state index in [1.165, 1.54) is 23.4 Å². The number of carbonyl (C=O) groups excluding carboxylic acids is 1. The van der Waals surface area contributed by atoms with E-state index in [-0.39, 0.29) is 18.0 Å². The monoisotopic (exact) mass is 467 g/mol. The SMILES string of the molecule is COC(=O)c1ccc(C2CC(CNCc3cccc4ccccc34)Oc3ccccc32)c(OC)c1. The van der Waals surface area contributed by atoms with Crippen LogP contribution in [0.25, 0.3) is 10.8 Å². The maximum Gasteiger partial charge on any atom is 0.337 e. The summed E-state index contributed by atoms with van der Waals surface area (Å²) in [7, 11) is 3.02. The molecule has 0 spiro atoms. The van der Waals surface area contributed by atoms with Crippen LogP contribution in [0.5, 0.6) is 11.5 Å². The minimum Gasteiger partial charge on any atom is -0.496 e. The van der Waals surface area contributed by atoms with Crippen LogP contribution in [0.15, 0.2) is 84.9 Å². The molecule has 0 saturated heterocycles. The van der Waals surface area contributed by atoms with E-state index >= 15 is 0 Å². The first-order valence-electron chi connectivity index (χ1n) is 11.9. The molecule has 0 bridgehead atoms. The zero-order valence-corrected chi connectivity index (χ0v) is 20.0. The third-order valence-corrected chi connectivity index (χ3v) is 6.68. The maximum absolute atomic E-state index is 12.0. The molecule has 4 aromatic rings. The summed E-state index contributed by atoms with van der Waals surface area (Å²) in [5.41, 5.74) is 3.91. The van der Waals surface area contributed by atoms with Gasteiger partial charge in [-0.15, -0.1) is 0 Å². The Morgan fingerprint density at radius 2 is 1.74 bits per heavy atom. The van der Waals surface area contributed by atoms with E-state index in [4.69, 9.17) is 14.2 Å². The number of carbonyl (C=O) groups is 1. The number of nitrogens with one attached hydrogen (secondary N) is 1. The number of para-hydroxylation sites is 1. The van der Waals surface area contributed by atoms with Gasteiger partial charge < -0.3 is 19.5 Å². The van der Waals surface area contributed by atoms with Crippen molar-refractivity contribution < 1.29 is 19.0 Å². The van der Waals surface area contributed by atoms with Crippen molar-refractivity contribution in [3.8, 4) is 11.5 Å². The fourth-order valence-corrected chi connectivity index (χ4v) is 4.97. The second-order valence-electron chi connectivity index (χ2n) is 8.78. The molecule has 0 aliphatic carbocycles. The van der Waals surface area contributed by atoms with Crippen molar-refractivity contribution in [1.82, 2.24) is 5.32 Å². The fourth-order valence-electron chi connectivity index (χ4n) is 4.97. The van der Waals surface area contributed by atoms with Crippen LogP contribution in [0.4, 0.5) is 0 Å². The molecule has 0 saturated carbocycles. The molecule has 1 aliphatic heterocycles. The molecule has 0 radical (unpaired) electrons. The molecule has 0 aromatic heterocycles. The predicted octanol–water partition coefficient (Wildman–Crippen LogP) is 5.71. The molecule has 2 unspecified atom stereocenters. The zero-order chi connectivity index (χ0) is 24.2. The Bertz CT molecular complexity index is 1340. The van der Waals surface area contributed by atoms with E-state index in [9.17, 15) is 4.79 Å². The molecule has 5 heteroatoms. The average Bonchev–Trinajstić information content (AvgIpc) is 2.92. The summed E-state index contributed by atoms with van der Waals surface area (Å²) < 4.78 is 17.0. The van der Waals surface area contributed by atoms with Gasteiger partial charge in [0.1, 0.15) is 17.6 Å². The van der Waals surface area contributed by atoms with Crippen molar-refractivity contribution in [2.45, 2.75) is 25.0 Å². The van der Waals surface area contributed by atoms with E-state index in [2.05, 4.69) is 53.8 Å². The van der Waals surface area contributed by atoms with Gasteiger partial charge in [-0.1, -0.05) is 66.7 Å². The number of hydrogen-bond acceptors (Lipinski definition) is 5. The minimum absolute atomic E-state index is 0.00475. The molecule has 5 nitrogen and oxygen atoms in total. The van der Waals surface area contributed by atoms with Gasteiger partial charge in [0.2, 0.25) is 0 Å². The Balaban J connectivity index is 1.37. The molecule has 5 rings (SSSR count). The molecule has 0 fully saturated rings. The summed E-state index contributed by atoms with van der Waals surface area (Å²) in [6.07, 6.45) is 0.794. The van der Waals surface area contributed by atoms with Crippen molar-refractivity contribution in [2.75, 3.05) is 20.8 Å². The van der Waals surface area contributed by atoms with E-state index in [0.29, 0.717) is 11.3 Å². The highest BCUT2D eigenvalue weighted by Gasteiger charge is 2.31. The van der Waals surface area contributed by atoms with E-state index in [1.807, 2.05) is 24.3 Å². The van der Waals surface area contributed by atoms with E-state index in [1.54, 1.807) is 19.2 Å². The Morgan fingerprint density at radius 1 is 0.943 bits per heavy atom. The summed E-state index contributed by atoms with van der Waals surface area (Å²) in [6, 6.07) is 28.6.